The number of aromatic nitrogens is 1. The molecule has 1 unspecified atom stereocenters. The normalized spacial score (nSPS) is 12.7. The highest BCUT2D eigenvalue weighted by atomic mass is 14.9. The van der Waals surface area contributed by atoms with Gasteiger partial charge >= 0.3 is 0 Å². The Morgan fingerprint density at radius 1 is 0.952 bits per heavy atom. The van der Waals surface area contributed by atoms with Gasteiger partial charge in [0, 0.05) is 11.4 Å². The fourth-order valence-electron chi connectivity index (χ4n) is 2.84. The van der Waals surface area contributed by atoms with Gasteiger partial charge in [0.05, 0.1) is 11.2 Å². The molecule has 0 saturated heterocycles. The van der Waals surface area contributed by atoms with Crippen LogP contribution in [0.2, 0.25) is 0 Å². The molecule has 0 radical (unpaired) electrons. The number of nitrogens with zero attached hydrogens (tertiary/aromatic N) is 1. The molecule has 0 fully saturated rings. The Bertz CT molecular complexity index is 536. The molecule has 114 valence electrons. The average molecular weight is 284 g/mol. The fraction of sp³-hybridized carbons (Fsp3) is 0.526. The van der Waals surface area contributed by atoms with E-state index in [4.69, 9.17) is 4.98 Å². The van der Waals surface area contributed by atoms with Crippen LogP contribution in [-0.2, 0) is 0 Å². The Hall–Kier alpha value is -1.41. The van der Waals surface area contributed by atoms with Crippen LogP contribution >= 0.6 is 0 Å². The Labute approximate surface area is 129 Å². The molecule has 0 aliphatic rings. The molecular formula is C19H28N2. The Balaban J connectivity index is 1.89. The van der Waals surface area contributed by atoms with Crippen molar-refractivity contribution in [2.45, 2.75) is 57.9 Å². The number of unbranched alkanes of at least 4 members (excludes halogenated alkanes) is 5. The fourth-order valence-corrected chi connectivity index (χ4v) is 2.84. The van der Waals surface area contributed by atoms with Crippen molar-refractivity contribution in [2.75, 3.05) is 7.05 Å². The lowest BCUT2D eigenvalue weighted by atomic mass is 10.0. The monoisotopic (exact) mass is 284 g/mol. The van der Waals surface area contributed by atoms with Crippen LogP contribution in [0, 0.1) is 0 Å². The predicted molar refractivity (Wildman–Crippen MR) is 91.5 cm³/mol. The first-order valence-corrected chi connectivity index (χ1v) is 8.38. The molecule has 2 aromatic rings. The van der Waals surface area contributed by atoms with Crippen LogP contribution in [0.1, 0.15) is 63.6 Å². The van der Waals surface area contributed by atoms with E-state index in [9.17, 15) is 0 Å². The number of hydrogen-bond donors (Lipinski definition) is 1. The third-order valence-corrected chi connectivity index (χ3v) is 4.17. The Kier molecular flexibility index (Phi) is 6.68. The van der Waals surface area contributed by atoms with Crippen LogP contribution in [0.5, 0.6) is 0 Å². The van der Waals surface area contributed by atoms with Gasteiger partial charge in [-0.1, -0.05) is 69.7 Å². The van der Waals surface area contributed by atoms with E-state index in [-0.39, 0.29) is 0 Å². The highest BCUT2D eigenvalue weighted by Gasteiger charge is 2.10. The number of pyridine rings is 1. The first kappa shape index (κ1) is 16.0. The van der Waals surface area contributed by atoms with Crippen molar-refractivity contribution in [1.29, 1.82) is 0 Å². The van der Waals surface area contributed by atoms with E-state index in [2.05, 4.69) is 48.6 Å². The third kappa shape index (κ3) is 4.82. The van der Waals surface area contributed by atoms with E-state index in [1.54, 1.807) is 0 Å². The van der Waals surface area contributed by atoms with Crippen LogP contribution in [0.15, 0.2) is 36.4 Å². The van der Waals surface area contributed by atoms with E-state index >= 15 is 0 Å². The van der Waals surface area contributed by atoms with Gasteiger partial charge in [0.15, 0.2) is 0 Å². The van der Waals surface area contributed by atoms with Gasteiger partial charge in [0.1, 0.15) is 0 Å². The van der Waals surface area contributed by atoms with Crippen LogP contribution in [0.25, 0.3) is 10.9 Å². The molecule has 2 heteroatoms. The number of para-hydroxylation sites is 1. The lowest BCUT2D eigenvalue weighted by molar-refractivity contribution is 0.490. The summed E-state index contributed by atoms with van der Waals surface area (Å²) in [6.07, 6.45) is 9.25. The second-order valence-corrected chi connectivity index (χ2v) is 5.83. The molecule has 1 aromatic heterocycles. The molecule has 1 aromatic carbocycles. The van der Waals surface area contributed by atoms with Gasteiger partial charge in [0.25, 0.3) is 0 Å². The molecule has 2 rings (SSSR count). The van der Waals surface area contributed by atoms with Crippen molar-refractivity contribution in [3.8, 4) is 0 Å². The molecule has 21 heavy (non-hydrogen) atoms. The maximum atomic E-state index is 4.81. The Morgan fingerprint density at radius 3 is 2.52 bits per heavy atom. The van der Waals surface area contributed by atoms with Crippen LogP contribution in [0.3, 0.4) is 0 Å². The van der Waals surface area contributed by atoms with Gasteiger partial charge in [-0.3, -0.25) is 4.98 Å². The zero-order valence-electron chi connectivity index (χ0n) is 13.4. The summed E-state index contributed by atoms with van der Waals surface area (Å²) in [5.41, 5.74) is 2.27. The third-order valence-electron chi connectivity index (χ3n) is 4.17. The van der Waals surface area contributed by atoms with Crippen molar-refractivity contribution in [2.24, 2.45) is 0 Å². The van der Waals surface area contributed by atoms with Crippen LogP contribution in [-0.4, -0.2) is 12.0 Å². The minimum absolute atomic E-state index is 0.376. The molecule has 0 amide bonds. The van der Waals surface area contributed by atoms with Gasteiger partial charge in [0.2, 0.25) is 0 Å². The van der Waals surface area contributed by atoms with Crippen molar-refractivity contribution in [3.63, 3.8) is 0 Å². The summed E-state index contributed by atoms with van der Waals surface area (Å²) in [6.45, 7) is 2.27. The second-order valence-electron chi connectivity index (χ2n) is 5.83. The van der Waals surface area contributed by atoms with E-state index in [0.717, 1.165) is 5.52 Å². The van der Waals surface area contributed by atoms with Crippen molar-refractivity contribution < 1.29 is 0 Å². The summed E-state index contributed by atoms with van der Waals surface area (Å²) in [4.78, 5) is 4.81. The molecule has 0 bridgehead atoms. The lowest BCUT2D eigenvalue weighted by Gasteiger charge is -2.16. The van der Waals surface area contributed by atoms with Crippen molar-refractivity contribution >= 4 is 10.9 Å². The predicted octanol–water partition coefficient (Wildman–Crippen LogP) is 5.25. The summed E-state index contributed by atoms with van der Waals surface area (Å²) >= 11 is 0. The minimum atomic E-state index is 0.376. The topological polar surface area (TPSA) is 24.9 Å². The average Bonchev–Trinajstić information content (AvgIpc) is 2.54. The highest BCUT2D eigenvalue weighted by molar-refractivity contribution is 5.78. The molecule has 0 aliphatic carbocycles. The van der Waals surface area contributed by atoms with Crippen molar-refractivity contribution in [3.05, 3.63) is 42.1 Å². The van der Waals surface area contributed by atoms with Gasteiger partial charge in [-0.05, 0) is 25.6 Å². The van der Waals surface area contributed by atoms with Gasteiger partial charge < -0.3 is 5.32 Å². The zero-order valence-corrected chi connectivity index (χ0v) is 13.4. The summed E-state index contributed by atoms with van der Waals surface area (Å²) in [5, 5.41) is 4.64. The number of hydrogen-bond acceptors (Lipinski definition) is 2. The zero-order chi connectivity index (χ0) is 14.9. The van der Waals surface area contributed by atoms with E-state index in [0.29, 0.717) is 6.04 Å². The smallest absolute Gasteiger partial charge is 0.0706 e. The summed E-state index contributed by atoms with van der Waals surface area (Å²) in [5.74, 6) is 0. The minimum Gasteiger partial charge on any atom is -0.312 e. The molecule has 1 atom stereocenters. The van der Waals surface area contributed by atoms with E-state index in [1.807, 2.05) is 7.05 Å². The van der Waals surface area contributed by atoms with E-state index < -0.39 is 0 Å². The number of nitrogens with one attached hydrogen (secondary N) is 1. The number of rotatable bonds is 9. The molecule has 1 N–H and O–H groups in total. The quantitative estimate of drug-likeness (QED) is 0.636. The molecular weight excluding hydrogens is 256 g/mol. The summed E-state index contributed by atoms with van der Waals surface area (Å²) in [6, 6.07) is 13.1. The molecule has 0 spiro atoms. The largest absolute Gasteiger partial charge is 0.312 e. The molecule has 1 heterocycles. The van der Waals surface area contributed by atoms with Crippen LogP contribution in [0.4, 0.5) is 0 Å². The van der Waals surface area contributed by atoms with E-state index in [1.165, 1.54) is 56.0 Å². The van der Waals surface area contributed by atoms with Crippen molar-refractivity contribution in [1.82, 2.24) is 10.3 Å². The maximum absolute atomic E-state index is 4.81. The SMILES string of the molecule is CCCCCCCCC(NC)c1ccc2ccccc2n1. The van der Waals surface area contributed by atoms with Crippen LogP contribution < -0.4 is 5.32 Å². The summed E-state index contributed by atoms with van der Waals surface area (Å²) in [7, 11) is 2.04. The summed E-state index contributed by atoms with van der Waals surface area (Å²) < 4.78 is 0. The maximum Gasteiger partial charge on any atom is 0.0706 e. The standard InChI is InChI=1S/C19H28N2/c1-3-4-5-6-7-8-13-18(20-2)19-15-14-16-11-9-10-12-17(16)21-19/h9-12,14-15,18,20H,3-8,13H2,1-2H3. The molecule has 0 saturated carbocycles. The Morgan fingerprint density at radius 2 is 1.71 bits per heavy atom. The second kappa shape index (κ2) is 8.78. The molecule has 0 aliphatic heterocycles. The first-order valence-electron chi connectivity index (χ1n) is 8.38. The lowest BCUT2D eigenvalue weighted by Crippen LogP contribution is -2.17. The first-order chi connectivity index (χ1) is 10.3. The van der Waals surface area contributed by atoms with Gasteiger partial charge in [-0.25, -0.2) is 0 Å². The number of benzene rings is 1. The molecule has 2 nitrogen and oxygen atoms in total. The highest BCUT2D eigenvalue weighted by Crippen LogP contribution is 2.21. The van der Waals surface area contributed by atoms with Gasteiger partial charge in [-0.15, -0.1) is 0 Å². The van der Waals surface area contributed by atoms with Gasteiger partial charge in [-0.2, -0.15) is 0 Å². The number of fused-ring (bicyclic) bond motifs is 1.